The highest BCUT2D eigenvalue weighted by Gasteiger charge is 2.38. The lowest BCUT2D eigenvalue weighted by atomic mass is 9.89. The van der Waals surface area contributed by atoms with Crippen LogP contribution in [0.4, 0.5) is 0 Å². The predicted molar refractivity (Wildman–Crippen MR) is 64.0 cm³/mol. The van der Waals surface area contributed by atoms with Gasteiger partial charge in [-0.2, -0.15) is 0 Å². The third-order valence-electron chi connectivity index (χ3n) is 3.64. The van der Waals surface area contributed by atoms with Crippen molar-refractivity contribution in [2.75, 3.05) is 20.2 Å². The van der Waals surface area contributed by atoms with E-state index in [1.807, 2.05) is 18.7 Å². The second kappa shape index (κ2) is 5.15. The molecule has 1 aliphatic rings. The summed E-state index contributed by atoms with van der Waals surface area (Å²) in [6.07, 6.45) is 2.21. The topological polar surface area (TPSA) is 55.6 Å². The number of likely N-dealkylation sites (tertiary alicyclic amines) is 1. The van der Waals surface area contributed by atoms with Crippen molar-refractivity contribution < 1.29 is 9.53 Å². The van der Waals surface area contributed by atoms with Crippen LogP contribution >= 0.6 is 0 Å². The van der Waals surface area contributed by atoms with E-state index in [0.717, 1.165) is 19.4 Å². The van der Waals surface area contributed by atoms with Gasteiger partial charge in [0, 0.05) is 26.2 Å². The van der Waals surface area contributed by atoms with Crippen LogP contribution in [0.2, 0.25) is 0 Å². The second-order valence-corrected chi connectivity index (χ2v) is 5.14. The fourth-order valence-electron chi connectivity index (χ4n) is 2.29. The normalized spacial score (nSPS) is 26.9. The van der Waals surface area contributed by atoms with Crippen LogP contribution in [-0.4, -0.2) is 42.6 Å². The van der Waals surface area contributed by atoms with E-state index in [2.05, 4.69) is 6.92 Å². The summed E-state index contributed by atoms with van der Waals surface area (Å²) < 4.78 is 5.25. The van der Waals surface area contributed by atoms with Crippen LogP contribution in [0.25, 0.3) is 0 Å². The van der Waals surface area contributed by atoms with Crippen molar-refractivity contribution in [2.24, 2.45) is 11.7 Å². The molecule has 0 radical (unpaired) electrons. The van der Waals surface area contributed by atoms with Gasteiger partial charge in [0.15, 0.2) is 0 Å². The second-order valence-electron chi connectivity index (χ2n) is 5.14. The Bertz CT molecular complexity index is 253. The van der Waals surface area contributed by atoms with Crippen molar-refractivity contribution in [3.8, 4) is 0 Å². The van der Waals surface area contributed by atoms with Crippen LogP contribution in [0.3, 0.4) is 0 Å². The number of nitrogens with two attached hydrogens (primary N) is 1. The van der Waals surface area contributed by atoms with Crippen LogP contribution < -0.4 is 5.73 Å². The zero-order chi connectivity index (χ0) is 12.3. The lowest BCUT2D eigenvalue weighted by molar-refractivity contribution is -0.156. The van der Waals surface area contributed by atoms with Gasteiger partial charge in [0.1, 0.15) is 5.60 Å². The van der Waals surface area contributed by atoms with Gasteiger partial charge in [0.2, 0.25) is 0 Å². The summed E-state index contributed by atoms with van der Waals surface area (Å²) in [4.78, 5) is 14.2. The smallest absolute Gasteiger partial charge is 0.254 e. The Labute approximate surface area is 98.1 Å². The number of methoxy groups -OCH3 is 1. The first-order valence-electron chi connectivity index (χ1n) is 6.00. The molecule has 0 saturated carbocycles. The molecule has 1 rings (SSSR count). The van der Waals surface area contributed by atoms with Gasteiger partial charge in [-0.15, -0.1) is 0 Å². The zero-order valence-corrected chi connectivity index (χ0v) is 10.8. The number of piperidine rings is 1. The van der Waals surface area contributed by atoms with E-state index in [1.54, 1.807) is 7.11 Å². The third-order valence-corrected chi connectivity index (χ3v) is 3.64. The van der Waals surface area contributed by atoms with Gasteiger partial charge in [-0.3, -0.25) is 4.79 Å². The van der Waals surface area contributed by atoms with Gasteiger partial charge in [-0.1, -0.05) is 6.92 Å². The van der Waals surface area contributed by atoms with Crippen molar-refractivity contribution >= 4 is 5.91 Å². The highest BCUT2D eigenvalue weighted by Crippen LogP contribution is 2.25. The fraction of sp³-hybridized carbons (Fsp3) is 0.917. The number of nitrogens with zero attached hydrogens (tertiary/aromatic N) is 1. The van der Waals surface area contributed by atoms with Crippen molar-refractivity contribution in [2.45, 2.75) is 45.3 Å². The number of carbonyl (C=O) groups is 1. The van der Waals surface area contributed by atoms with Gasteiger partial charge >= 0.3 is 0 Å². The predicted octanol–water partition coefficient (Wildman–Crippen LogP) is 0.997. The quantitative estimate of drug-likeness (QED) is 0.784. The first-order chi connectivity index (χ1) is 7.44. The van der Waals surface area contributed by atoms with E-state index >= 15 is 0 Å². The molecule has 1 aliphatic heterocycles. The fourth-order valence-corrected chi connectivity index (χ4v) is 2.29. The van der Waals surface area contributed by atoms with E-state index < -0.39 is 5.60 Å². The summed E-state index contributed by atoms with van der Waals surface area (Å²) in [6.45, 7) is 7.12. The van der Waals surface area contributed by atoms with Gasteiger partial charge in [0.25, 0.3) is 5.91 Å². The van der Waals surface area contributed by atoms with Crippen LogP contribution in [-0.2, 0) is 9.53 Å². The molecule has 0 bridgehead atoms. The Kier molecular flexibility index (Phi) is 4.33. The molecule has 1 fully saturated rings. The van der Waals surface area contributed by atoms with E-state index in [1.165, 1.54) is 0 Å². The number of ether oxygens (including phenoxy) is 1. The average Bonchev–Trinajstić information content (AvgIpc) is 2.27. The van der Waals surface area contributed by atoms with Gasteiger partial charge in [0.05, 0.1) is 0 Å². The van der Waals surface area contributed by atoms with E-state index in [9.17, 15) is 4.79 Å². The van der Waals surface area contributed by atoms with Crippen molar-refractivity contribution in [3.05, 3.63) is 0 Å². The van der Waals surface area contributed by atoms with Gasteiger partial charge in [-0.05, 0) is 32.6 Å². The molecule has 2 atom stereocenters. The SMILES string of the molecule is COC(C)(C)C(=O)N1CCCC(C)C1CN. The number of carbonyl (C=O) groups excluding carboxylic acids is 1. The lowest BCUT2D eigenvalue weighted by Crippen LogP contribution is -2.57. The number of hydrogen-bond donors (Lipinski definition) is 1. The maximum atomic E-state index is 12.3. The van der Waals surface area contributed by atoms with Crippen LogP contribution in [0.1, 0.15) is 33.6 Å². The van der Waals surface area contributed by atoms with Crippen LogP contribution in [0, 0.1) is 5.92 Å². The number of hydrogen-bond acceptors (Lipinski definition) is 3. The zero-order valence-electron chi connectivity index (χ0n) is 10.8. The average molecular weight is 228 g/mol. The Balaban J connectivity index is 2.81. The molecule has 94 valence electrons. The molecule has 0 aromatic carbocycles. The molecule has 4 heteroatoms. The molecule has 0 aromatic heterocycles. The molecule has 0 aliphatic carbocycles. The standard InChI is InChI=1S/C12H24N2O2/c1-9-6-5-7-14(10(9)8-13)11(15)12(2,3)16-4/h9-10H,5-8,13H2,1-4H3. The molecule has 4 nitrogen and oxygen atoms in total. The van der Waals surface area contributed by atoms with Gasteiger partial charge < -0.3 is 15.4 Å². The molecular weight excluding hydrogens is 204 g/mol. The molecule has 2 N–H and O–H groups in total. The Morgan fingerprint density at radius 1 is 1.56 bits per heavy atom. The summed E-state index contributed by atoms with van der Waals surface area (Å²) in [6, 6.07) is 0.163. The summed E-state index contributed by atoms with van der Waals surface area (Å²) in [5.74, 6) is 0.535. The minimum atomic E-state index is -0.746. The van der Waals surface area contributed by atoms with E-state index in [4.69, 9.17) is 10.5 Å². The van der Waals surface area contributed by atoms with E-state index in [0.29, 0.717) is 12.5 Å². The first kappa shape index (κ1) is 13.5. The lowest BCUT2D eigenvalue weighted by Gasteiger charge is -2.42. The summed E-state index contributed by atoms with van der Waals surface area (Å²) in [5, 5.41) is 0. The Morgan fingerprint density at radius 2 is 2.19 bits per heavy atom. The molecule has 2 unspecified atom stereocenters. The van der Waals surface area contributed by atoms with Crippen molar-refractivity contribution in [3.63, 3.8) is 0 Å². The maximum absolute atomic E-state index is 12.3. The highest BCUT2D eigenvalue weighted by atomic mass is 16.5. The summed E-state index contributed by atoms with van der Waals surface area (Å²) in [7, 11) is 1.57. The molecule has 1 amide bonds. The van der Waals surface area contributed by atoms with Crippen molar-refractivity contribution in [1.29, 1.82) is 0 Å². The highest BCUT2D eigenvalue weighted by molar-refractivity contribution is 5.84. The molecule has 1 saturated heterocycles. The summed E-state index contributed by atoms with van der Waals surface area (Å²) in [5.41, 5.74) is 5.03. The van der Waals surface area contributed by atoms with Gasteiger partial charge in [-0.25, -0.2) is 0 Å². The van der Waals surface area contributed by atoms with Crippen LogP contribution in [0.15, 0.2) is 0 Å². The Morgan fingerprint density at radius 3 is 2.69 bits per heavy atom. The number of amides is 1. The van der Waals surface area contributed by atoms with E-state index in [-0.39, 0.29) is 11.9 Å². The largest absolute Gasteiger partial charge is 0.369 e. The number of rotatable bonds is 3. The molecule has 0 aromatic rings. The molecular formula is C12H24N2O2. The Hall–Kier alpha value is -0.610. The van der Waals surface area contributed by atoms with Crippen molar-refractivity contribution in [1.82, 2.24) is 4.90 Å². The molecule has 1 heterocycles. The minimum Gasteiger partial charge on any atom is -0.369 e. The monoisotopic (exact) mass is 228 g/mol. The molecule has 16 heavy (non-hydrogen) atoms. The summed E-state index contributed by atoms with van der Waals surface area (Å²) >= 11 is 0. The maximum Gasteiger partial charge on any atom is 0.254 e. The molecule has 0 spiro atoms. The first-order valence-corrected chi connectivity index (χ1v) is 6.00. The minimum absolute atomic E-state index is 0.0528. The third kappa shape index (κ3) is 2.55. The van der Waals surface area contributed by atoms with Crippen LogP contribution in [0.5, 0.6) is 0 Å².